The smallest absolute Gasteiger partial charge is 0.0862 e. The average molecular weight is 250 g/mol. The minimum Gasteiger partial charge on any atom is -0.388 e. The number of ether oxygens (including phenoxy) is 1. The van der Waals surface area contributed by atoms with Crippen molar-refractivity contribution in [1.82, 2.24) is 0 Å². The molecule has 1 aromatic carbocycles. The van der Waals surface area contributed by atoms with E-state index in [4.69, 9.17) is 4.74 Å². The molecule has 0 heterocycles. The Labute approximate surface area is 111 Å². The summed E-state index contributed by atoms with van der Waals surface area (Å²) in [5.41, 5.74) is 2.02. The summed E-state index contributed by atoms with van der Waals surface area (Å²) in [6.07, 6.45) is 0.639. The molecule has 1 aromatic rings. The quantitative estimate of drug-likeness (QED) is 0.829. The molecule has 0 saturated carbocycles. The lowest BCUT2D eigenvalue weighted by molar-refractivity contribution is -0.00962. The summed E-state index contributed by atoms with van der Waals surface area (Å²) in [4.78, 5) is 0. The molecule has 0 aliphatic heterocycles. The van der Waals surface area contributed by atoms with E-state index in [1.54, 1.807) is 7.11 Å². The highest BCUT2D eigenvalue weighted by molar-refractivity contribution is 5.27. The van der Waals surface area contributed by atoms with E-state index in [1.165, 1.54) is 5.56 Å². The molecule has 0 aliphatic rings. The first-order valence-corrected chi connectivity index (χ1v) is 6.69. The van der Waals surface area contributed by atoms with Crippen molar-refractivity contribution in [1.29, 1.82) is 0 Å². The third-order valence-corrected chi connectivity index (χ3v) is 3.69. The molecule has 1 rings (SSSR count). The van der Waals surface area contributed by atoms with Crippen molar-refractivity contribution in [3.63, 3.8) is 0 Å². The summed E-state index contributed by atoms with van der Waals surface area (Å²) in [7, 11) is 1.67. The molecule has 0 radical (unpaired) electrons. The van der Waals surface area contributed by atoms with Crippen molar-refractivity contribution >= 4 is 0 Å². The van der Waals surface area contributed by atoms with Gasteiger partial charge >= 0.3 is 0 Å². The molecule has 0 amide bonds. The summed E-state index contributed by atoms with van der Waals surface area (Å²) < 4.78 is 5.17. The van der Waals surface area contributed by atoms with E-state index in [0.29, 0.717) is 12.5 Å². The Morgan fingerprint density at radius 2 is 1.67 bits per heavy atom. The van der Waals surface area contributed by atoms with Gasteiger partial charge in [0.15, 0.2) is 0 Å². The Morgan fingerprint density at radius 1 is 1.17 bits per heavy atom. The van der Waals surface area contributed by atoms with Gasteiger partial charge in [0.25, 0.3) is 0 Å². The lowest BCUT2D eigenvalue weighted by atomic mass is 9.83. The molecule has 0 fully saturated rings. The van der Waals surface area contributed by atoms with Crippen LogP contribution in [-0.2, 0) is 4.74 Å². The van der Waals surface area contributed by atoms with Crippen LogP contribution in [0, 0.1) is 5.41 Å². The van der Waals surface area contributed by atoms with Gasteiger partial charge in [-0.15, -0.1) is 0 Å². The van der Waals surface area contributed by atoms with Crippen LogP contribution in [0.1, 0.15) is 57.3 Å². The Bertz CT molecular complexity index is 354. The van der Waals surface area contributed by atoms with Crippen molar-refractivity contribution in [2.45, 2.75) is 46.1 Å². The topological polar surface area (TPSA) is 29.5 Å². The lowest BCUT2D eigenvalue weighted by Gasteiger charge is -2.30. The fourth-order valence-corrected chi connectivity index (χ4v) is 2.14. The molecule has 0 aromatic heterocycles. The minimum absolute atomic E-state index is 0.271. The maximum absolute atomic E-state index is 10.4. The number of hydrogen-bond acceptors (Lipinski definition) is 2. The second kappa shape index (κ2) is 6.35. The third-order valence-electron chi connectivity index (χ3n) is 3.69. The molecule has 2 atom stereocenters. The van der Waals surface area contributed by atoms with Crippen LogP contribution in [-0.4, -0.2) is 18.8 Å². The van der Waals surface area contributed by atoms with Crippen LogP contribution in [0.5, 0.6) is 0 Å². The number of rotatable bonds is 6. The lowest BCUT2D eigenvalue weighted by Crippen LogP contribution is -2.27. The second-order valence-electron chi connectivity index (χ2n) is 5.80. The Morgan fingerprint density at radius 3 is 2.11 bits per heavy atom. The molecule has 0 aliphatic carbocycles. The summed E-state index contributed by atoms with van der Waals surface area (Å²) >= 11 is 0. The van der Waals surface area contributed by atoms with Gasteiger partial charge in [-0.2, -0.15) is 0 Å². The molecule has 0 spiro atoms. The van der Waals surface area contributed by atoms with Crippen LogP contribution >= 0.6 is 0 Å². The first kappa shape index (κ1) is 15.2. The van der Waals surface area contributed by atoms with E-state index in [-0.39, 0.29) is 5.41 Å². The van der Waals surface area contributed by atoms with Crippen LogP contribution in [0.2, 0.25) is 0 Å². The van der Waals surface area contributed by atoms with Gasteiger partial charge in [0.1, 0.15) is 0 Å². The van der Waals surface area contributed by atoms with Gasteiger partial charge in [-0.3, -0.25) is 0 Å². The number of aliphatic hydroxyl groups excluding tert-OH is 1. The summed E-state index contributed by atoms with van der Waals surface area (Å²) in [5, 5.41) is 10.4. The Hall–Kier alpha value is -0.860. The van der Waals surface area contributed by atoms with Crippen molar-refractivity contribution in [3.05, 3.63) is 35.4 Å². The molecular weight excluding hydrogens is 224 g/mol. The van der Waals surface area contributed by atoms with Gasteiger partial charge in [0.2, 0.25) is 0 Å². The predicted molar refractivity (Wildman–Crippen MR) is 75.8 cm³/mol. The molecule has 0 bridgehead atoms. The average Bonchev–Trinajstić information content (AvgIpc) is 2.37. The molecule has 2 nitrogen and oxygen atoms in total. The normalized spacial score (nSPS) is 15.4. The maximum Gasteiger partial charge on any atom is 0.0862 e. The molecule has 0 saturated heterocycles. The highest BCUT2D eigenvalue weighted by Gasteiger charge is 2.29. The Balaban J connectivity index is 2.85. The highest BCUT2D eigenvalue weighted by atomic mass is 16.5. The molecule has 18 heavy (non-hydrogen) atoms. The minimum atomic E-state index is -0.497. The van der Waals surface area contributed by atoms with Gasteiger partial charge in [-0.1, -0.05) is 52.0 Å². The van der Waals surface area contributed by atoms with Crippen molar-refractivity contribution in [3.8, 4) is 0 Å². The predicted octanol–water partition coefficient (Wildman–Crippen LogP) is 3.91. The SMILES string of the molecule is CCC(C)c1ccc(C(O)C(C)(C)COC)cc1. The summed E-state index contributed by atoms with van der Waals surface area (Å²) in [6.45, 7) is 8.99. The second-order valence-corrected chi connectivity index (χ2v) is 5.80. The van der Waals surface area contributed by atoms with Crippen molar-refractivity contribution in [2.75, 3.05) is 13.7 Å². The van der Waals surface area contributed by atoms with E-state index in [0.717, 1.165) is 12.0 Å². The van der Waals surface area contributed by atoms with Crippen LogP contribution in [0.25, 0.3) is 0 Å². The van der Waals surface area contributed by atoms with Gasteiger partial charge in [0, 0.05) is 12.5 Å². The number of hydrogen-bond donors (Lipinski definition) is 1. The number of benzene rings is 1. The van der Waals surface area contributed by atoms with E-state index in [9.17, 15) is 5.11 Å². The number of methoxy groups -OCH3 is 1. The standard InChI is InChI=1S/C16H26O2/c1-6-12(2)13-7-9-14(10-8-13)15(17)16(3,4)11-18-5/h7-10,12,15,17H,6,11H2,1-5H3. The molecular formula is C16H26O2. The van der Waals surface area contributed by atoms with Gasteiger partial charge < -0.3 is 9.84 Å². The molecule has 2 unspecified atom stereocenters. The third kappa shape index (κ3) is 3.56. The first-order chi connectivity index (χ1) is 8.42. The zero-order valence-corrected chi connectivity index (χ0v) is 12.2. The van der Waals surface area contributed by atoms with E-state index in [2.05, 4.69) is 26.0 Å². The molecule has 2 heteroatoms. The number of aliphatic hydroxyl groups is 1. The van der Waals surface area contributed by atoms with Crippen LogP contribution in [0.15, 0.2) is 24.3 Å². The largest absolute Gasteiger partial charge is 0.388 e. The van der Waals surface area contributed by atoms with E-state index >= 15 is 0 Å². The van der Waals surface area contributed by atoms with Crippen LogP contribution in [0.4, 0.5) is 0 Å². The fourth-order valence-electron chi connectivity index (χ4n) is 2.14. The fraction of sp³-hybridized carbons (Fsp3) is 0.625. The Kier molecular flexibility index (Phi) is 5.36. The van der Waals surface area contributed by atoms with Crippen LogP contribution < -0.4 is 0 Å². The monoisotopic (exact) mass is 250 g/mol. The maximum atomic E-state index is 10.4. The van der Waals surface area contributed by atoms with E-state index in [1.807, 2.05) is 26.0 Å². The zero-order chi connectivity index (χ0) is 13.8. The van der Waals surface area contributed by atoms with Crippen molar-refractivity contribution in [2.24, 2.45) is 5.41 Å². The van der Waals surface area contributed by atoms with Crippen molar-refractivity contribution < 1.29 is 9.84 Å². The highest BCUT2D eigenvalue weighted by Crippen LogP contribution is 2.34. The van der Waals surface area contributed by atoms with Gasteiger partial charge in [-0.05, 0) is 23.5 Å². The molecule has 1 N–H and O–H groups in total. The summed E-state index contributed by atoms with van der Waals surface area (Å²) in [6, 6.07) is 8.30. The van der Waals surface area contributed by atoms with Gasteiger partial charge in [-0.25, -0.2) is 0 Å². The zero-order valence-electron chi connectivity index (χ0n) is 12.2. The van der Waals surface area contributed by atoms with Crippen LogP contribution in [0.3, 0.4) is 0 Å². The summed E-state index contributed by atoms with van der Waals surface area (Å²) in [5.74, 6) is 0.572. The first-order valence-electron chi connectivity index (χ1n) is 6.69. The molecule has 102 valence electrons. The van der Waals surface area contributed by atoms with E-state index < -0.39 is 6.10 Å². The van der Waals surface area contributed by atoms with Gasteiger partial charge in [0.05, 0.1) is 12.7 Å².